The molecule has 0 bridgehead atoms. The molecule has 0 spiro atoms. The number of ether oxygens (including phenoxy) is 1. The smallest absolute Gasteiger partial charge is 0.216 e. The fraction of sp³-hybridized carbons (Fsp3) is 0.154. The molecule has 0 radical (unpaired) electrons. The van der Waals surface area contributed by atoms with Crippen molar-refractivity contribution in [3.05, 3.63) is 58.3 Å². The van der Waals surface area contributed by atoms with E-state index in [-0.39, 0.29) is 6.04 Å². The number of hydrogen-bond acceptors (Lipinski definition) is 3. The van der Waals surface area contributed by atoms with Crippen molar-refractivity contribution in [1.82, 2.24) is 0 Å². The molecule has 1 aliphatic rings. The predicted octanol–water partition coefficient (Wildman–Crippen LogP) is 3.27. The van der Waals surface area contributed by atoms with Crippen LogP contribution in [0, 0.1) is 0 Å². The van der Waals surface area contributed by atoms with E-state index in [2.05, 4.69) is 21.8 Å². The molecule has 2 aromatic rings. The molecule has 0 saturated carbocycles. The third-order valence-corrected chi connectivity index (χ3v) is 3.30. The Balaban J connectivity index is 1.87. The number of nitrogens with zero attached hydrogens (tertiary/aromatic N) is 1. The van der Waals surface area contributed by atoms with Gasteiger partial charge in [-0.15, -0.1) is 0 Å². The molecular formula is C13H11NOS. The summed E-state index contributed by atoms with van der Waals surface area (Å²) in [6, 6.07) is 12.3. The summed E-state index contributed by atoms with van der Waals surface area (Å²) in [4.78, 5) is 4.60. The summed E-state index contributed by atoms with van der Waals surface area (Å²) in [6.45, 7) is 0.654. The van der Waals surface area contributed by atoms with Gasteiger partial charge in [0.15, 0.2) is 0 Å². The molecule has 80 valence electrons. The molecule has 1 aromatic heterocycles. The van der Waals surface area contributed by atoms with Crippen LogP contribution in [0.15, 0.2) is 52.2 Å². The van der Waals surface area contributed by atoms with Gasteiger partial charge < -0.3 is 4.74 Å². The number of hydrogen-bond donors (Lipinski definition) is 0. The molecule has 1 atom stereocenters. The van der Waals surface area contributed by atoms with Gasteiger partial charge in [0.1, 0.15) is 12.6 Å². The van der Waals surface area contributed by atoms with Crippen LogP contribution in [0.5, 0.6) is 0 Å². The van der Waals surface area contributed by atoms with Gasteiger partial charge in [-0.2, -0.15) is 11.3 Å². The van der Waals surface area contributed by atoms with Crippen molar-refractivity contribution in [3.8, 4) is 0 Å². The lowest BCUT2D eigenvalue weighted by atomic mass is 10.2. The summed E-state index contributed by atoms with van der Waals surface area (Å²) in [5.74, 6) is 0.761. The number of thiophene rings is 1. The molecule has 2 nitrogen and oxygen atoms in total. The van der Waals surface area contributed by atoms with E-state index in [0.717, 1.165) is 11.5 Å². The highest BCUT2D eigenvalue weighted by Gasteiger charge is 2.21. The van der Waals surface area contributed by atoms with Crippen LogP contribution < -0.4 is 0 Å². The minimum absolute atomic E-state index is 0.168. The normalized spacial score (nSPS) is 19.2. The largest absolute Gasteiger partial charge is 0.475 e. The van der Waals surface area contributed by atoms with E-state index in [1.807, 2.05) is 30.3 Å². The van der Waals surface area contributed by atoms with E-state index in [4.69, 9.17) is 4.74 Å². The maximum atomic E-state index is 5.63. The first kappa shape index (κ1) is 9.60. The Bertz CT molecular complexity index is 490. The molecule has 0 fully saturated rings. The first-order valence-corrected chi connectivity index (χ1v) is 6.16. The van der Waals surface area contributed by atoms with Crippen LogP contribution in [-0.2, 0) is 4.74 Å². The van der Waals surface area contributed by atoms with Gasteiger partial charge in [-0.05, 0) is 34.5 Å². The maximum Gasteiger partial charge on any atom is 0.216 e. The SMILES string of the molecule is c1ccc(C2=N[C@H](c3ccsc3)CO2)cc1. The monoisotopic (exact) mass is 229 g/mol. The van der Waals surface area contributed by atoms with Crippen molar-refractivity contribution < 1.29 is 4.74 Å². The van der Waals surface area contributed by atoms with E-state index in [1.54, 1.807) is 11.3 Å². The van der Waals surface area contributed by atoms with Crippen LogP contribution in [0.2, 0.25) is 0 Å². The predicted molar refractivity (Wildman–Crippen MR) is 66.0 cm³/mol. The molecule has 16 heavy (non-hydrogen) atoms. The molecule has 0 saturated heterocycles. The fourth-order valence-corrected chi connectivity index (χ4v) is 2.45. The topological polar surface area (TPSA) is 21.6 Å². The fourth-order valence-electron chi connectivity index (χ4n) is 1.75. The Labute approximate surface area is 98.2 Å². The zero-order chi connectivity index (χ0) is 10.8. The van der Waals surface area contributed by atoms with Crippen LogP contribution in [0.4, 0.5) is 0 Å². The molecule has 3 heteroatoms. The van der Waals surface area contributed by atoms with Crippen LogP contribution >= 0.6 is 11.3 Å². The molecule has 0 aliphatic carbocycles. The summed E-state index contributed by atoms with van der Waals surface area (Å²) in [5, 5.41) is 4.21. The third-order valence-electron chi connectivity index (χ3n) is 2.60. The molecule has 2 heterocycles. The van der Waals surface area contributed by atoms with E-state index < -0.39 is 0 Å². The standard InChI is InChI=1S/C13H11NOS/c1-2-4-10(5-3-1)13-14-12(8-15-13)11-6-7-16-9-11/h1-7,9,12H,8H2/t12-/m0/s1. The Morgan fingerprint density at radius 1 is 1.19 bits per heavy atom. The summed E-state index contributed by atoms with van der Waals surface area (Å²) in [5.41, 5.74) is 2.30. The molecule has 0 N–H and O–H groups in total. The molecule has 3 rings (SSSR count). The Morgan fingerprint density at radius 2 is 2.06 bits per heavy atom. The zero-order valence-corrected chi connectivity index (χ0v) is 9.48. The van der Waals surface area contributed by atoms with Crippen molar-refractivity contribution in [2.75, 3.05) is 6.61 Å². The molecule has 1 aromatic carbocycles. The quantitative estimate of drug-likeness (QED) is 0.774. The summed E-state index contributed by atoms with van der Waals surface area (Å²) < 4.78 is 5.63. The lowest BCUT2D eigenvalue weighted by Crippen LogP contribution is -2.00. The molecule has 0 unspecified atom stereocenters. The first-order chi connectivity index (χ1) is 7.93. The summed E-state index contributed by atoms with van der Waals surface area (Å²) >= 11 is 1.70. The first-order valence-electron chi connectivity index (χ1n) is 5.21. The van der Waals surface area contributed by atoms with Gasteiger partial charge in [-0.25, -0.2) is 4.99 Å². The highest BCUT2D eigenvalue weighted by molar-refractivity contribution is 7.07. The Morgan fingerprint density at radius 3 is 2.81 bits per heavy atom. The van der Waals surface area contributed by atoms with Gasteiger partial charge in [-0.1, -0.05) is 18.2 Å². The van der Waals surface area contributed by atoms with Crippen LogP contribution in [0.25, 0.3) is 0 Å². The molecular weight excluding hydrogens is 218 g/mol. The van der Waals surface area contributed by atoms with E-state index in [0.29, 0.717) is 6.61 Å². The minimum atomic E-state index is 0.168. The van der Waals surface area contributed by atoms with Gasteiger partial charge in [0.2, 0.25) is 5.90 Å². The second kappa shape index (κ2) is 4.10. The highest BCUT2D eigenvalue weighted by atomic mass is 32.1. The van der Waals surface area contributed by atoms with Crippen molar-refractivity contribution in [1.29, 1.82) is 0 Å². The van der Waals surface area contributed by atoms with Gasteiger partial charge in [0.05, 0.1) is 0 Å². The Kier molecular flexibility index (Phi) is 2.46. The van der Waals surface area contributed by atoms with Crippen LogP contribution in [-0.4, -0.2) is 12.5 Å². The number of rotatable bonds is 2. The third kappa shape index (κ3) is 1.74. The molecule has 1 aliphatic heterocycles. The average Bonchev–Trinajstić information content (AvgIpc) is 3.01. The zero-order valence-electron chi connectivity index (χ0n) is 8.67. The lowest BCUT2D eigenvalue weighted by molar-refractivity contribution is 0.320. The Hall–Kier alpha value is -1.61. The van der Waals surface area contributed by atoms with Crippen molar-refractivity contribution in [2.45, 2.75) is 6.04 Å². The van der Waals surface area contributed by atoms with Gasteiger partial charge in [0.25, 0.3) is 0 Å². The van der Waals surface area contributed by atoms with Crippen LogP contribution in [0.1, 0.15) is 17.2 Å². The van der Waals surface area contributed by atoms with Gasteiger partial charge in [0, 0.05) is 5.56 Å². The van der Waals surface area contributed by atoms with Crippen LogP contribution in [0.3, 0.4) is 0 Å². The van der Waals surface area contributed by atoms with Crippen molar-refractivity contribution in [3.63, 3.8) is 0 Å². The lowest BCUT2D eigenvalue weighted by Gasteiger charge is -2.00. The van der Waals surface area contributed by atoms with Gasteiger partial charge in [-0.3, -0.25) is 0 Å². The second-order valence-electron chi connectivity index (χ2n) is 3.68. The summed E-state index contributed by atoms with van der Waals surface area (Å²) in [6.07, 6.45) is 0. The van der Waals surface area contributed by atoms with E-state index in [9.17, 15) is 0 Å². The average molecular weight is 229 g/mol. The molecule has 0 amide bonds. The van der Waals surface area contributed by atoms with Crippen molar-refractivity contribution in [2.24, 2.45) is 4.99 Å². The number of aliphatic imine (C=N–C) groups is 1. The number of benzene rings is 1. The highest BCUT2D eigenvalue weighted by Crippen LogP contribution is 2.26. The van der Waals surface area contributed by atoms with E-state index in [1.165, 1.54) is 5.56 Å². The van der Waals surface area contributed by atoms with E-state index >= 15 is 0 Å². The second-order valence-corrected chi connectivity index (χ2v) is 4.46. The minimum Gasteiger partial charge on any atom is -0.475 e. The van der Waals surface area contributed by atoms with Gasteiger partial charge >= 0.3 is 0 Å². The summed E-state index contributed by atoms with van der Waals surface area (Å²) in [7, 11) is 0. The van der Waals surface area contributed by atoms with Crippen molar-refractivity contribution >= 4 is 17.2 Å². The maximum absolute atomic E-state index is 5.63.